The molecule has 0 radical (unpaired) electrons. The summed E-state index contributed by atoms with van der Waals surface area (Å²) in [7, 11) is 6.57. The average molecular weight is 525 g/mol. The first-order valence-corrected chi connectivity index (χ1v) is 12.1. The zero-order valence-electron chi connectivity index (χ0n) is 22.0. The second-order valence-corrected chi connectivity index (χ2v) is 9.67. The highest BCUT2D eigenvalue weighted by molar-refractivity contribution is 5.94. The molecule has 2 rings (SSSR count). The molecule has 0 bridgehead atoms. The molecule has 6 nitrogen and oxygen atoms in total. The van der Waals surface area contributed by atoms with E-state index in [1.165, 1.54) is 31.5 Å². The normalized spacial score (nSPS) is 16.7. The third-order valence-corrected chi connectivity index (χ3v) is 7.09. The van der Waals surface area contributed by atoms with Crippen molar-refractivity contribution in [3.63, 3.8) is 0 Å². The fourth-order valence-corrected chi connectivity index (χ4v) is 4.45. The standard InChI is InChI=1S/C27H36F4N4O2/c1-17(8-7-13-32-3)22(26(11-12-26)27(29,30)31)15-23(36)34-16-20(35(5)6)14-19-9-10-21(25(37)33-4)24(28)18(19)2/h7-10,13,20,22H,1,11-12,14-16H2,2-6H3,(H,33,37)(H,34,36)/b8-7-,32-13-/t20-,22-/m0/s1. The Hall–Kier alpha value is -3.01. The minimum absolute atomic E-state index is 0.0413. The molecule has 204 valence electrons. The van der Waals surface area contributed by atoms with Crippen LogP contribution in [0.3, 0.4) is 0 Å². The zero-order chi connectivity index (χ0) is 28.0. The van der Waals surface area contributed by atoms with Gasteiger partial charge in [0.2, 0.25) is 5.91 Å². The largest absolute Gasteiger partial charge is 0.395 e. The molecule has 0 aromatic heterocycles. The molecule has 1 aliphatic carbocycles. The highest BCUT2D eigenvalue weighted by atomic mass is 19.4. The Kier molecular flexibility index (Phi) is 10.2. The van der Waals surface area contributed by atoms with Gasteiger partial charge < -0.3 is 15.5 Å². The van der Waals surface area contributed by atoms with Gasteiger partial charge in [-0.1, -0.05) is 24.3 Å². The molecule has 0 aliphatic heterocycles. The number of amides is 2. The highest BCUT2D eigenvalue weighted by Crippen LogP contribution is 2.64. The van der Waals surface area contributed by atoms with Crippen molar-refractivity contribution in [2.24, 2.45) is 16.3 Å². The maximum atomic E-state index is 14.8. The molecule has 0 spiro atoms. The van der Waals surface area contributed by atoms with Crippen LogP contribution in [0.2, 0.25) is 0 Å². The molecule has 0 unspecified atom stereocenters. The monoisotopic (exact) mass is 524 g/mol. The van der Waals surface area contributed by atoms with Gasteiger partial charge in [-0.3, -0.25) is 14.6 Å². The van der Waals surface area contributed by atoms with Crippen LogP contribution in [0.25, 0.3) is 0 Å². The lowest BCUT2D eigenvalue weighted by Crippen LogP contribution is -2.43. The van der Waals surface area contributed by atoms with Gasteiger partial charge in [0.15, 0.2) is 0 Å². The Morgan fingerprint density at radius 1 is 1.27 bits per heavy atom. The van der Waals surface area contributed by atoms with Crippen LogP contribution in [0.1, 0.15) is 40.7 Å². The van der Waals surface area contributed by atoms with Gasteiger partial charge in [0, 0.05) is 45.2 Å². The SMILES string of the molecule is C=C(/C=C\C=N/C)[C@H](CC(=O)NC[C@H](Cc1ccc(C(=O)NC)c(F)c1C)N(C)C)C1(C(F)(F)F)CC1. The first-order valence-electron chi connectivity index (χ1n) is 12.1. The quantitative estimate of drug-likeness (QED) is 0.244. The predicted molar refractivity (Wildman–Crippen MR) is 137 cm³/mol. The number of halogens is 4. The summed E-state index contributed by atoms with van der Waals surface area (Å²) < 4.78 is 56.4. The average Bonchev–Trinajstić information content (AvgIpc) is 3.64. The number of rotatable bonds is 12. The Morgan fingerprint density at radius 2 is 1.92 bits per heavy atom. The van der Waals surface area contributed by atoms with Crippen LogP contribution in [0, 0.1) is 24.1 Å². The molecule has 2 amide bonds. The fraction of sp³-hybridized carbons (Fsp3) is 0.519. The molecule has 1 aromatic carbocycles. The Bertz CT molecular complexity index is 1060. The summed E-state index contributed by atoms with van der Waals surface area (Å²) in [6.07, 6.45) is -0.0731. The summed E-state index contributed by atoms with van der Waals surface area (Å²) in [6, 6.07) is 2.83. The fourth-order valence-electron chi connectivity index (χ4n) is 4.45. The van der Waals surface area contributed by atoms with E-state index < -0.39 is 35.1 Å². The van der Waals surface area contributed by atoms with E-state index >= 15 is 0 Å². The Balaban J connectivity index is 2.14. The molecule has 0 heterocycles. The topological polar surface area (TPSA) is 73.8 Å². The van der Waals surface area contributed by atoms with Crippen LogP contribution in [0.15, 0.2) is 41.4 Å². The van der Waals surface area contributed by atoms with Gasteiger partial charge in [-0.15, -0.1) is 0 Å². The molecule has 1 aliphatic rings. The van der Waals surface area contributed by atoms with Crippen molar-refractivity contribution in [2.45, 2.75) is 44.8 Å². The van der Waals surface area contributed by atoms with Gasteiger partial charge in [-0.2, -0.15) is 13.2 Å². The highest BCUT2D eigenvalue weighted by Gasteiger charge is 2.67. The maximum absolute atomic E-state index is 14.8. The number of nitrogens with one attached hydrogen (secondary N) is 2. The molecular weight excluding hydrogens is 488 g/mol. The molecule has 37 heavy (non-hydrogen) atoms. The molecular formula is C27H36F4N4O2. The van der Waals surface area contributed by atoms with Crippen LogP contribution in [0.5, 0.6) is 0 Å². The molecule has 1 saturated carbocycles. The van der Waals surface area contributed by atoms with Crippen LogP contribution < -0.4 is 10.6 Å². The summed E-state index contributed by atoms with van der Waals surface area (Å²) in [6.45, 7) is 5.56. The lowest BCUT2D eigenvalue weighted by molar-refractivity contribution is -0.199. The van der Waals surface area contributed by atoms with Crippen LogP contribution in [-0.4, -0.2) is 69.9 Å². The number of allylic oxidation sites excluding steroid dienone is 3. The number of nitrogens with zero attached hydrogens (tertiary/aromatic N) is 2. The van der Waals surface area contributed by atoms with Crippen molar-refractivity contribution in [2.75, 3.05) is 34.7 Å². The van der Waals surface area contributed by atoms with E-state index in [-0.39, 0.29) is 43.0 Å². The van der Waals surface area contributed by atoms with Gasteiger partial charge in [0.1, 0.15) is 5.82 Å². The van der Waals surface area contributed by atoms with Gasteiger partial charge in [0.05, 0.1) is 11.0 Å². The molecule has 2 atom stereocenters. The van der Waals surface area contributed by atoms with Crippen LogP contribution >= 0.6 is 0 Å². The predicted octanol–water partition coefficient (Wildman–Crippen LogP) is 4.24. The molecule has 0 saturated heterocycles. The third-order valence-electron chi connectivity index (χ3n) is 7.09. The van der Waals surface area contributed by atoms with Gasteiger partial charge in [-0.05, 0) is 63.6 Å². The van der Waals surface area contributed by atoms with Crippen molar-refractivity contribution in [3.05, 3.63) is 58.9 Å². The second kappa shape index (κ2) is 12.5. The molecule has 1 fully saturated rings. The van der Waals surface area contributed by atoms with E-state index in [9.17, 15) is 27.2 Å². The van der Waals surface area contributed by atoms with Crippen molar-refractivity contribution in [1.29, 1.82) is 0 Å². The van der Waals surface area contributed by atoms with E-state index in [1.807, 2.05) is 4.90 Å². The molecule has 10 heteroatoms. The number of alkyl halides is 3. The van der Waals surface area contributed by atoms with E-state index in [0.717, 1.165) is 0 Å². The zero-order valence-corrected chi connectivity index (χ0v) is 22.0. The summed E-state index contributed by atoms with van der Waals surface area (Å²) in [4.78, 5) is 30.3. The number of carbonyl (C=O) groups excluding carboxylic acids is 2. The summed E-state index contributed by atoms with van der Waals surface area (Å²) in [5.41, 5.74) is -0.768. The van der Waals surface area contributed by atoms with Crippen molar-refractivity contribution in [1.82, 2.24) is 15.5 Å². The number of carbonyl (C=O) groups is 2. The Labute approximate surface area is 215 Å². The van der Waals surface area contributed by atoms with Crippen LogP contribution in [0.4, 0.5) is 17.6 Å². The minimum atomic E-state index is -4.44. The second-order valence-electron chi connectivity index (χ2n) is 9.67. The third kappa shape index (κ3) is 7.28. The van der Waals surface area contributed by atoms with E-state index in [1.54, 1.807) is 34.1 Å². The maximum Gasteiger partial charge on any atom is 0.395 e. The number of hydrogen-bond acceptors (Lipinski definition) is 4. The lowest BCUT2D eigenvalue weighted by Gasteiger charge is -2.30. The van der Waals surface area contributed by atoms with E-state index in [2.05, 4.69) is 22.2 Å². The summed E-state index contributed by atoms with van der Waals surface area (Å²) in [5, 5.41) is 5.16. The summed E-state index contributed by atoms with van der Waals surface area (Å²) >= 11 is 0. The number of likely N-dealkylation sites (N-methyl/N-ethyl adjacent to an activating group) is 1. The number of hydrogen-bond donors (Lipinski definition) is 2. The summed E-state index contributed by atoms with van der Waals surface area (Å²) in [5.74, 6) is -2.73. The molecule has 2 N–H and O–H groups in total. The Morgan fingerprint density at radius 3 is 2.43 bits per heavy atom. The van der Waals surface area contributed by atoms with Crippen molar-refractivity contribution in [3.8, 4) is 0 Å². The van der Waals surface area contributed by atoms with E-state index in [4.69, 9.17) is 0 Å². The first-order chi connectivity index (χ1) is 17.3. The van der Waals surface area contributed by atoms with Crippen molar-refractivity contribution >= 4 is 18.0 Å². The van der Waals surface area contributed by atoms with Gasteiger partial charge >= 0.3 is 6.18 Å². The van der Waals surface area contributed by atoms with Crippen LogP contribution in [-0.2, 0) is 11.2 Å². The van der Waals surface area contributed by atoms with Crippen molar-refractivity contribution < 1.29 is 27.2 Å². The van der Waals surface area contributed by atoms with Gasteiger partial charge in [-0.25, -0.2) is 4.39 Å². The molecule has 1 aromatic rings. The lowest BCUT2D eigenvalue weighted by atomic mass is 9.80. The number of aliphatic imine (C=N–C) groups is 1. The van der Waals surface area contributed by atoms with E-state index in [0.29, 0.717) is 17.5 Å². The number of benzene rings is 1. The first kappa shape index (κ1) is 30.2. The smallest absolute Gasteiger partial charge is 0.355 e. The van der Waals surface area contributed by atoms with Gasteiger partial charge in [0.25, 0.3) is 5.91 Å². The minimum Gasteiger partial charge on any atom is -0.355 e.